The van der Waals surface area contributed by atoms with E-state index < -0.39 is 21.5 Å². The lowest BCUT2D eigenvalue weighted by molar-refractivity contribution is 0.347. The van der Waals surface area contributed by atoms with E-state index in [1.807, 2.05) is 6.92 Å². The quantitative estimate of drug-likeness (QED) is 0.790. The molecule has 1 aliphatic heterocycles. The highest BCUT2D eigenvalue weighted by molar-refractivity contribution is 7.91. The van der Waals surface area contributed by atoms with Gasteiger partial charge < -0.3 is 5.32 Å². The third kappa shape index (κ3) is 4.93. The Morgan fingerprint density at radius 1 is 1.00 bits per heavy atom. The first-order chi connectivity index (χ1) is 12.9. The number of hydrogen-bond acceptors (Lipinski definition) is 3. The minimum absolute atomic E-state index is 0.0787. The van der Waals surface area contributed by atoms with E-state index in [-0.39, 0.29) is 9.79 Å². The zero-order chi connectivity index (χ0) is 19.4. The first-order valence-corrected chi connectivity index (χ1v) is 10.9. The number of sulfone groups is 1. The van der Waals surface area contributed by atoms with Gasteiger partial charge in [-0.05, 0) is 87.0 Å². The van der Waals surface area contributed by atoms with Crippen molar-refractivity contribution in [3.63, 3.8) is 0 Å². The molecule has 0 atom stereocenters. The summed E-state index contributed by atoms with van der Waals surface area (Å²) in [6.07, 6.45) is 5.32. The van der Waals surface area contributed by atoms with Gasteiger partial charge in [0.1, 0.15) is 11.6 Å². The number of aryl methyl sites for hydroxylation is 2. The Morgan fingerprint density at radius 3 is 2.33 bits per heavy atom. The van der Waals surface area contributed by atoms with Crippen LogP contribution in [0.4, 0.5) is 8.78 Å². The van der Waals surface area contributed by atoms with Gasteiger partial charge >= 0.3 is 0 Å². The summed E-state index contributed by atoms with van der Waals surface area (Å²) < 4.78 is 52.5. The van der Waals surface area contributed by atoms with Crippen molar-refractivity contribution in [3.05, 3.63) is 59.2 Å². The number of piperidine rings is 1. The van der Waals surface area contributed by atoms with Crippen molar-refractivity contribution in [1.29, 1.82) is 0 Å². The van der Waals surface area contributed by atoms with Crippen LogP contribution in [0.15, 0.2) is 46.2 Å². The van der Waals surface area contributed by atoms with E-state index in [1.165, 1.54) is 18.9 Å². The molecular formula is C21H25F2NO2S. The van der Waals surface area contributed by atoms with Gasteiger partial charge in [-0.25, -0.2) is 17.2 Å². The summed E-state index contributed by atoms with van der Waals surface area (Å²) in [6, 6.07) is 7.30. The number of halogens is 2. The summed E-state index contributed by atoms with van der Waals surface area (Å²) in [5.41, 5.74) is 2.01. The fraction of sp³-hybridized carbons (Fsp3) is 0.429. The van der Waals surface area contributed by atoms with Gasteiger partial charge in [0.2, 0.25) is 9.84 Å². The molecule has 1 fully saturated rings. The van der Waals surface area contributed by atoms with Gasteiger partial charge in [-0.2, -0.15) is 0 Å². The van der Waals surface area contributed by atoms with Crippen molar-refractivity contribution in [2.45, 2.75) is 48.8 Å². The molecule has 3 rings (SSSR count). The maximum absolute atomic E-state index is 13.5. The summed E-state index contributed by atoms with van der Waals surface area (Å²) in [5, 5.41) is 3.36. The van der Waals surface area contributed by atoms with E-state index in [9.17, 15) is 17.2 Å². The molecule has 1 heterocycles. The molecule has 2 aromatic rings. The van der Waals surface area contributed by atoms with E-state index in [2.05, 4.69) is 5.32 Å². The molecule has 0 radical (unpaired) electrons. The van der Waals surface area contributed by atoms with Gasteiger partial charge in [0.05, 0.1) is 9.79 Å². The van der Waals surface area contributed by atoms with Gasteiger partial charge in [0, 0.05) is 6.07 Å². The van der Waals surface area contributed by atoms with Crippen LogP contribution in [0.3, 0.4) is 0 Å². The normalized spacial score (nSPS) is 15.8. The predicted molar refractivity (Wildman–Crippen MR) is 102 cm³/mol. The van der Waals surface area contributed by atoms with E-state index in [0.29, 0.717) is 6.07 Å². The monoisotopic (exact) mass is 393 g/mol. The molecule has 0 aliphatic carbocycles. The first kappa shape index (κ1) is 20.0. The van der Waals surface area contributed by atoms with Crippen LogP contribution in [0.1, 0.15) is 36.8 Å². The third-order valence-electron chi connectivity index (χ3n) is 5.29. The highest BCUT2D eigenvalue weighted by atomic mass is 32.2. The highest BCUT2D eigenvalue weighted by Gasteiger charge is 2.21. The molecule has 0 amide bonds. The molecule has 1 N–H and O–H groups in total. The average molecular weight is 393 g/mol. The lowest BCUT2D eigenvalue weighted by Gasteiger charge is -2.22. The molecule has 3 nitrogen and oxygen atoms in total. The van der Waals surface area contributed by atoms with Crippen LogP contribution in [0.25, 0.3) is 0 Å². The van der Waals surface area contributed by atoms with E-state index in [1.54, 1.807) is 12.1 Å². The molecule has 27 heavy (non-hydrogen) atoms. The minimum Gasteiger partial charge on any atom is -0.317 e. The largest absolute Gasteiger partial charge is 0.317 e. The molecule has 0 aromatic heterocycles. The van der Waals surface area contributed by atoms with Gasteiger partial charge in [-0.1, -0.05) is 12.5 Å². The highest BCUT2D eigenvalue weighted by Crippen LogP contribution is 2.26. The second kappa shape index (κ2) is 8.48. The summed E-state index contributed by atoms with van der Waals surface area (Å²) in [4.78, 5) is -0.278. The molecular weight excluding hydrogens is 368 g/mol. The predicted octanol–water partition coefficient (Wildman–Crippen LogP) is 4.43. The number of hydrogen-bond donors (Lipinski definition) is 1. The Labute approximate surface area is 159 Å². The molecule has 0 spiro atoms. The zero-order valence-electron chi connectivity index (χ0n) is 15.5. The van der Waals surface area contributed by atoms with Crippen LogP contribution in [0, 0.1) is 24.5 Å². The van der Waals surface area contributed by atoms with Crippen molar-refractivity contribution in [2.24, 2.45) is 5.92 Å². The Balaban J connectivity index is 1.77. The number of rotatable bonds is 6. The fourth-order valence-corrected chi connectivity index (χ4v) is 5.01. The van der Waals surface area contributed by atoms with Gasteiger partial charge in [0.25, 0.3) is 0 Å². The second-order valence-corrected chi connectivity index (χ2v) is 9.23. The summed E-state index contributed by atoms with van der Waals surface area (Å²) in [6.45, 7) is 4.10. The van der Waals surface area contributed by atoms with E-state index in [0.717, 1.165) is 61.5 Å². The Bertz CT molecular complexity index is 886. The lowest BCUT2D eigenvalue weighted by atomic mass is 9.91. The maximum atomic E-state index is 13.5. The third-order valence-corrected chi connectivity index (χ3v) is 7.03. The molecule has 2 aromatic carbocycles. The fourth-order valence-electron chi connectivity index (χ4n) is 3.66. The maximum Gasteiger partial charge on any atom is 0.206 e. The molecule has 6 heteroatoms. The molecule has 1 aliphatic rings. The Hall–Kier alpha value is -1.79. The van der Waals surface area contributed by atoms with Crippen molar-refractivity contribution < 1.29 is 17.2 Å². The standard InChI is InChI=1S/C21H25F2NO2S/c1-15-5-6-20(27(25,26)21-13-18(22)12-19(23)14-21)11-17(15)4-2-3-16-7-9-24-10-8-16/h5-6,11-14,16,24H,2-4,7-10H2,1H3. The molecule has 0 unspecified atom stereocenters. The lowest BCUT2D eigenvalue weighted by Crippen LogP contribution is -2.27. The van der Waals surface area contributed by atoms with E-state index >= 15 is 0 Å². The Morgan fingerprint density at radius 2 is 1.67 bits per heavy atom. The van der Waals surface area contributed by atoms with Gasteiger partial charge in [0.15, 0.2) is 0 Å². The molecule has 0 saturated carbocycles. The molecule has 146 valence electrons. The van der Waals surface area contributed by atoms with Crippen LogP contribution in [0.5, 0.6) is 0 Å². The molecule has 0 bridgehead atoms. The van der Waals surface area contributed by atoms with Crippen molar-refractivity contribution in [1.82, 2.24) is 5.32 Å². The minimum atomic E-state index is -3.96. The summed E-state index contributed by atoms with van der Waals surface area (Å²) in [5.74, 6) is -1.07. The zero-order valence-corrected chi connectivity index (χ0v) is 16.3. The van der Waals surface area contributed by atoms with Crippen LogP contribution in [-0.4, -0.2) is 21.5 Å². The van der Waals surface area contributed by atoms with Gasteiger partial charge in [-0.3, -0.25) is 0 Å². The Kier molecular flexibility index (Phi) is 6.27. The molecule has 1 saturated heterocycles. The summed E-state index contributed by atoms with van der Waals surface area (Å²) in [7, 11) is -3.96. The van der Waals surface area contributed by atoms with Gasteiger partial charge in [-0.15, -0.1) is 0 Å². The van der Waals surface area contributed by atoms with Crippen LogP contribution < -0.4 is 5.32 Å². The average Bonchev–Trinajstić information content (AvgIpc) is 2.63. The van der Waals surface area contributed by atoms with Crippen molar-refractivity contribution in [3.8, 4) is 0 Å². The SMILES string of the molecule is Cc1ccc(S(=O)(=O)c2cc(F)cc(F)c2)cc1CCCC1CCNCC1. The summed E-state index contributed by atoms with van der Waals surface area (Å²) >= 11 is 0. The number of nitrogens with one attached hydrogen (secondary N) is 1. The van der Waals surface area contributed by atoms with E-state index in [4.69, 9.17) is 0 Å². The second-order valence-electron chi connectivity index (χ2n) is 7.28. The smallest absolute Gasteiger partial charge is 0.206 e. The van der Waals surface area contributed by atoms with Crippen molar-refractivity contribution in [2.75, 3.05) is 13.1 Å². The van der Waals surface area contributed by atoms with Crippen LogP contribution in [0.2, 0.25) is 0 Å². The van der Waals surface area contributed by atoms with Crippen LogP contribution in [-0.2, 0) is 16.3 Å². The van der Waals surface area contributed by atoms with Crippen LogP contribution >= 0.6 is 0 Å². The number of benzene rings is 2. The van der Waals surface area contributed by atoms with Crippen molar-refractivity contribution >= 4 is 9.84 Å². The topological polar surface area (TPSA) is 46.2 Å². The first-order valence-electron chi connectivity index (χ1n) is 9.38.